The molecule has 0 aliphatic carbocycles. The Morgan fingerprint density at radius 2 is 2.00 bits per heavy atom. The minimum Gasteiger partial charge on any atom is -0.380 e. The van der Waals surface area contributed by atoms with Crippen LogP contribution in [-0.4, -0.2) is 32.3 Å². The van der Waals surface area contributed by atoms with Crippen molar-refractivity contribution in [3.63, 3.8) is 0 Å². The number of ether oxygens (including phenoxy) is 1. The van der Waals surface area contributed by atoms with E-state index in [0.717, 1.165) is 5.56 Å². The number of anilines is 1. The first-order valence-corrected chi connectivity index (χ1v) is 7.16. The Bertz CT molecular complexity index is 415. The molecule has 0 aromatic heterocycles. The Morgan fingerprint density at radius 3 is 2.55 bits per heavy atom. The maximum absolute atomic E-state index is 14.1. The molecule has 0 aliphatic rings. The summed E-state index contributed by atoms with van der Waals surface area (Å²) in [4.78, 5) is 1.88. The highest BCUT2D eigenvalue weighted by Crippen LogP contribution is 2.19. The molecular weight excluding hydrogens is 255 g/mol. The zero-order valence-corrected chi connectivity index (χ0v) is 13.3. The summed E-state index contributed by atoms with van der Waals surface area (Å²) in [7, 11) is 1.88. The van der Waals surface area contributed by atoms with Crippen LogP contribution in [0.4, 0.5) is 10.1 Å². The molecule has 0 saturated carbocycles. The van der Waals surface area contributed by atoms with Crippen molar-refractivity contribution in [3.8, 4) is 0 Å². The molecule has 20 heavy (non-hydrogen) atoms. The van der Waals surface area contributed by atoms with Crippen LogP contribution in [-0.2, 0) is 11.3 Å². The summed E-state index contributed by atoms with van der Waals surface area (Å²) in [6, 6.07) is 5.40. The van der Waals surface area contributed by atoms with E-state index in [2.05, 4.69) is 26.1 Å². The fourth-order valence-corrected chi connectivity index (χ4v) is 1.80. The van der Waals surface area contributed by atoms with Crippen LogP contribution in [0.2, 0.25) is 0 Å². The average molecular weight is 282 g/mol. The number of nitrogens with one attached hydrogen (secondary N) is 1. The maximum atomic E-state index is 14.1. The Morgan fingerprint density at radius 1 is 1.30 bits per heavy atom. The van der Waals surface area contributed by atoms with Crippen LogP contribution in [0.25, 0.3) is 0 Å². The molecule has 4 heteroatoms. The number of nitrogens with zero attached hydrogens (tertiary/aromatic N) is 1. The first kappa shape index (κ1) is 16.9. The Hall–Kier alpha value is -1.13. The monoisotopic (exact) mass is 282 g/mol. The average Bonchev–Trinajstić information content (AvgIpc) is 2.35. The van der Waals surface area contributed by atoms with Crippen molar-refractivity contribution in [1.82, 2.24) is 5.32 Å². The van der Waals surface area contributed by atoms with Crippen LogP contribution < -0.4 is 10.2 Å². The van der Waals surface area contributed by atoms with Crippen molar-refractivity contribution in [2.24, 2.45) is 0 Å². The number of halogens is 1. The predicted octanol–water partition coefficient (Wildman–Crippen LogP) is 3.19. The first-order chi connectivity index (χ1) is 9.33. The summed E-state index contributed by atoms with van der Waals surface area (Å²) >= 11 is 0. The van der Waals surface area contributed by atoms with Gasteiger partial charge in [-0.1, -0.05) is 6.07 Å². The van der Waals surface area contributed by atoms with E-state index in [9.17, 15) is 4.39 Å². The third-order valence-electron chi connectivity index (χ3n) is 3.02. The normalized spacial score (nSPS) is 11.7. The van der Waals surface area contributed by atoms with Crippen LogP contribution in [0.1, 0.15) is 33.3 Å². The fraction of sp³-hybridized carbons (Fsp3) is 0.625. The summed E-state index contributed by atoms with van der Waals surface area (Å²) in [5.41, 5.74) is 1.60. The predicted molar refractivity (Wildman–Crippen MR) is 82.8 cm³/mol. The van der Waals surface area contributed by atoms with E-state index in [1.807, 2.05) is 31.0 Å². The number of likely N-dealkylation sites (N-methyl/N-ethyl adjacent to an activating group) is 1. The lowest BCUT2D eigenvalue weighted by atomic mass is 10.1. The lowest BCUT2D eigenvalue weighted by Crippen LogP contribution is -2.35. The molecule has 0 fully saturated rings. The second-order valence-corrected chi connectivity index (χ2v) is 6.01. The van der Waals surface area contributed by atoms with Gasteiger partial charge in [-0.25, -0.2) is 4.39 Å². The second kappa shape index (κ2) is 7.60. The molecule has 0 amide bonds. The van der Waals surface area contributed by atoms with Crippen molar-refractivity contribution < 1.29 is 9.13 Å². The molecule has 1 aromatic rings. The zero-order chi connectivity index (χ0) is 15.2. The first-order valence-electron chi connectivity index (χ1n) is 7.16. The van der Waals surface area contributed by atoms with Crippen molar-refractivity contribution in [1.29, 1.82) is 0 Å². The highest BCUT2D eigenvalue weighted by Gasteiger charge is 2.11. The molecule has 3 nitrogen and oxygen atoms in total. The van der Waals surface area contributed by atoms with Crippen molar-refractivity contribution in [2.75, 3.05) is 31.7 Å². The van der Waals surface area contributed by atoms with Gasteiger partial charge in [0.2, 0.25) is 0 Å². The van der Waals surface area contributed by atoms with Crippen LogP contribution in [0.5, 0.6) is 0 Å². The minimum atomic E-state index is -0.183. The molecule has 0 aliphatic heterocycles. The largest absolute Gasteiger partial charge is 0.380 e. The van der Waals surface area contributed by atoms with Gasteiger partial charge in [-0.05, 0) is 45.4 Å². The van der Waals surface area contributed by atoms with Gasteiger partial charge >= 0.3 is 0 Å². The lowest BCUT2D eigenvalue weighted by molar-refractivity contribution is 0.154. The molecule has 0 unspecified atom stereocenters. The molecule has 1 N–H and O–H groups in total. The molecule has 0 saturated heterocycles. The van der Waals surface area contributed by atoms with Gasteiger partial charge in [0.1, 0.15) is 5.82 Å². The summed E-state index contributed by atoms with van der Waals surface area (Å²) in [5.74, 6) is -0.183. The molecule has 0 spiro atoms. The smallest absolute Gasteiger partial charge is 0.146 e. The maximum Gasteiger partial charge on any atom is 0.146 e. The lowest BCUT2D eigenvalue weighted by Gasteiger charge is -2.22. The van der Waals surface area contributed by atoms with Gasteiger partial charge in [0.05, 0.1) is 12.3 Å². The van der Waals surface area contributed by atoms with E-state index in [1.54, 1.807) is 6.07 Å². The Balaban J connectivity index is 2.63. The molecule has 1 rings (SSSR count). The van der Waals surface area contributed by atoms with E-state index in [0.29, 0.717) is 32.0 Å². The van der Waals surface area contributed by atoms with Crippen molar-refractivity contribution in [3.05, 3.63) is 29.6 Å². The Kier molecular flexibility index (Phi) is 6.43. The third-order valence-corrected chi connectivity index (χ3v) is 3.02. The van der Waals surface area contributed by atoms with Crippen LogP contribution in [0.15, 0.2) is 18.2 Å². The SMILES string of the molecule is CCOCCN(C)c1ccc(CNC(C)(C)C)cc1F. The van der Waals surface area contributed by atoms with Crippen LogP contribution >= 0.6 is 0 Å². The molecule has 0 heterocycles. The van der Waals surface area contributed by atoms with Gasteiger partial charge in [0.15, 0.2) is 0 Å². The standard InChI is InChI=1S/C16H27FN2O/c1-6-20-10-9-19(5)15-8-7-13(11-14(15)17)12-18-16(2,3)4/h7-8,11,18H,6,9-10,12H2,1-5H3. The van der Waals surface area contributed by atoms with E-state index < -0.39 is 0 Å². The summed E-state index contributed by atoms with van der Waals surface area (Å²) in [5, 5.41) is 3.36. The number of hydrogen-bond donors (Lipinski definition) is 1. The van der Waals surface area contributed by atoms with E-state index in [-0.39, 0.29) is 11.4 Å². The zero-order valence-electron chi connectivity index (χ0n) is 13.3. The molecule has 1 aromatic carbocycles. The summed E-state index contributed by atoms with van der Waals surface area (Å²) < 4.78 is 19.4. The molecule has 0 atom stereocenters. The van der Waals surface area contributed by atoms with Gasteiger partial charge in [-0.3, -0.25) is 0 Å². The van der Waals surface area contributed by atoms with Gasteiger partial charge in [-0.2, -0.15) is 0 Å². The molecule has 0 bridgehead atoms. The second-order valence-electron chi connectivity index (χ2n) is 6.01. The van der Waals surface area contributed by atoms with Gasteiger partial charge < -0.3 is 15.0 Å². The van der Waals surface area contributed by atoms with Crippen molar-refractivity contribution in [2.45, 2.75) is 39.8 Å². The number of hydrogen-bond acceptors (Lipinski definition) is 3. The number of rotatable bonds is 7. The number of benzene rings is 1. The van der Waals surface area contributed by atoms with Gasteiger partial charge in [0.25, 0.3) is 0 Å². The quantitative estimate of drug-likeness (QED) is 0.777. The molecule has 0 radical (unpaired) electrons. The highest BCUT2D eigenvalue weighted by molar-refractivity contribution is 5.48. The van der Waals surface area contributed by atoms with Crippen molar-refractivity contribution >= 4 is 5.69 Å². The summed E-state index contributed by atoms with van der Waals surface area (Å²) in [6.07, 6.45) is 0. The fourth-order valence-electron chi connectivity index (χ4n) is 1.80. The Labute approximate surface area is 122 Å². The molecule has 114 valence electrons. The van der Waals surface area contributed by atoms with E-state index >= 15 is 0 Å². The highest BCUT2D eigenvalue weighted by atomic mass is 19.1. The van der Waals surface area contributed by atoms with Gasteiger partial charge in [-0.15, -0.1) is 0 Å². The molecular formula is C16H27FN2O. The van der Waals surface area contributed by atoms with Crippen LogP contribution in [0, 0.1) is 5.82 Å². The van der Waals surface area contributed by atoms with E-state index in [4.69, 9.17) is 4.74 Å². The summed E-state index contributed by atoms with van der Waals surface area (Å²) in [6.45, 7) is 10.9. The topological polar surface area (TPSA) is 24.5 Å². The minimum absolute atomic E-state index is 0.0312. The van der Waals surface area contributed by atoms with Gasteiger partial charge in [0, 0.05) is 32.3 Å². The van der Waals surface area contributed by atoms with E-state index in [1.165, 1.54) is 0 Å². The van der Waals surface area contributed by atoms with Crippen LogP contribution in [0.3, 0.4) is 0 Å². The third kappa shape index (κ3) is 5.88.